The number of carboxylic acids is 3. The van der Waals surface area contributed by atoms with Crippen molar-refractivity contribution in [3.05, 3.63) is 81.4 Å². The number of aromatic carboxylic acids is 1. The predicted octanol–water partition coefficient (Wildman–Crippen LogP) is 3.74. The first-order chi connectivity index (χ1) is 17.9. The average molecular weight is 520 g/mol. The van der Waals surface area contributed by atoms with Crippen LogP contribution in [0.15, 0.2) is 42.5 Å². The summed E-state index contributed by atoms with van der Waals surface area (Å²) in [5.41, 5.74) is -3.68. The number of ether oxygens (including phenoxy) is 2. The summed E-state index contributed by atoms with van der Waals surface area (Å²) in [6.45, 7) is 2.35. The number of phenols is 2. The van der Waals surface area contributed by atoms with E-state index < -0.39 is 69.5 Å². The zero-order chi connectivity index (χ0) is 27.7. The molecule has 3 aromatic rings. The lowest BCUT2D eigenvalue weighted by atomic mass is 9.72. The molecule has 0 fully saturated rings. The van der Waals surface area contributed by atoms with E-state index in [1.807, 2.05) is 0 Å². The summed E-state index contributed by atoms with van der Waals surface area (Å²) in [7, 11) is 0. The third-order valence-electron chi connectivity index (χ3n) is 7.00. The minimum Gasteiger partial charge on any atom is -0.508 e. The Bertz CT molecular complexity index is 1590. The van der Waals surface area contributed by atoms with Crippen molar-refractivity contribution < 1.29 is 54.2 Å². The molecule has 2 aliphatic heterocycles. The normalized spacial score (nSPS) is 18.4. The van der Waals surface area contributed by atoms with Crippen LogP contribution in [0.25, 0.3) is 0 Å². The van der Waals surface area contributed by atoms with Crippen molar-refractivity contribution in [3.8, 4) is 23.0 Å². The average Bonchev–Trinajstić information content (AvgIpc) is 3.15. The van der Waals surface area contributed by atoms with Gasteiger partial charge in [-0.05, 0) is 32.0 Å². The summed E-state index contributed by atoms with van der Waals surface area (Å²) < 4.78 is 11.9. The Morgan fingerprint density at radius 1 is 0.868 bits per heavy atom. The number of carbonyl (C=O) groups is 4. The highest BCUT2D eigenvalue weighted by Gasteiger charge is 2.57. The van der Waals surface area contributed by atoms with E-state index in [2.05, 4.69) is 0 Å². The van der Waals surface area contributed by atoms with Crippen LogP contribution in [0, 0.1) is 0 Å². The number of phenolic OH excluding ortho intramolecular Hbond substituents is 2. The molecule has 0 bridgehead atoms. The van der Waals surface area contributed by atoms with Crippen molar-refractivity contribution in [1.29, 1.82) is 0 Å². The number of hydrogen-bond donors (Lipinski definition) is 5. The molecule has 0 aliphatic carbocycles. The Labute approximate surface area is 214 Å². The number of aromatic hydroxyl groups is 2. The standard InChI is InChI=1S/C27H20O11/c1-10(23(30)31)17-19(25(34)35)20-22(18(21(17)29)11(2)24(32)33)37-16-9-12(28)7-8-15(16)27(20)14-6-4-3-5-13(14)26(36)38-27/h3-11,28-29H,1-2H3,(H,30,31)(H,32,33)(H,34,35). The Kier molecular flexibility index (Phi) is 5.34. The lowest BCUT2D eigenvalue weighted by molar-refractivity contribution is -0.139. The number of hydrogen-bond acceptors (Lipinski definition) is 8. The van der Waals surface area contributed by atoms with Gasteiger partial charge in [0.05, 0.1) is 34.1 Å². The maximum atomic E-state index is 13.1. The van der Waals surface area contributed by atoms with Gasteiger partial charge in [-0.2, -0.15) is 0 Å². The molecule has 11 heteroatoms. The molecule has 3 unspecified atom stereocenters. The van der Waals surface area contributed by atoms with Crippen LogP contribution >= 0.6 is 0 Å². The summed E-state index contributed by atoms with van der Waals surface area (Å²) in [4.78, 5) is 50.1. The molecule has 0 saturated carbocycles. The van der Waals surface area contributed by atoms with Crippen LogP contribution in [0.5, 0.6) is 23.0 Å². The van der Waals surface area contributed by atoms with Gasteiger partial charge < -0.3 is 35.0 Å². The molecule has 0 saturated heterocycles. The minimum absolute atomic E-state index is 0.0874. The second-order valence-corrected chi connectivity index (χ2v) is 9.08. The van der Waals surface area contributed by atoms with E-state index in [-0.39, 0.29) is 33.8 Å². The molecule has 0 radical (unpaired) electrons. The molecular weight excluding hydrogens is 500 g/mol. The van der Waals surface area contributed by atoms with Gasteiger partial charge in [-0.25, -0.2) is 9.59 Å². The molecule has 0 amide bonds. The van der Waals surface area contributed by atoms with Gasteiger partial charge in [0.2, 0.25) is 0 Å². The number of aliphatic carboxylic acids is 2. The van der Waals surface area contributed by atoms with Crippen molar-refractivity contribution in [1.82, 2.24) is 0 Å². The largest absolute Gasteiger partial charge is 0.508 e. The van der Waals surface area contributed by atoms with Gasteiger partial charge in [-0.3, -0.25) is 9.59 Å². The molecule has 2 heterocycles. The zero-order valence-corrected chi connectivity index (χ0v) is 19.9. The lowest BCUT2D eigenvalue weighted by Crippen LogP contribution is -2.36. The Morgan fingerprint density at radius 2 is 1.50 bits per heavy atom. The highest BCUT2D eigenvalue weighted by atomic mass is 16.6. The van der Waals surface area contributed by atoms with Gasteiger partial charge in [-0.15, -0.1) is 0 Å². The van der Waals surface area contributed by atoms with Crippen LogP contribution < -0.4 is 4.74 Å². The summed E-state index contributed by atoms with van der Waals surface area (Å²) in [5.74, 6) is -10.2. The third kappa shape index (κ3) is 3.14. The fraction of sp³-hybridized carbons (Fsp3) is 0.185. The van der Waals surface area contributed by atoms with Gasteiger partial charge >= 0.3 is 23.9 Å². The first kappa shape index (κ1) is 24.6. The second-order valence-electron chi connectivity index (χ2n) is 9.08. The van der Waals surface area contributed by atoms with Crippen molar-refractivity contribution in [3.63, 3.8) is 0 Å². The third-order valence-corrected chi connectivity index (χ3v) is 7.00. The van der Waals surface area contributed by atoms with E-state index in [0.717, 1.165) is 6.92 Å². The quantitative estimate of drug-likeness (QED) is 0.308. The van der Waals surface area contributed by atoms with Crippen LogP contribution in [-0.2, 0) is 19.9 Å². The van der Waals surface area contributed by atoms with Crippen LogP contribution in [0.4, 0.5) is 0 Å². The van der Waals surface area contributed by atoms with Crippen molar-refractivity contribution in [2.45, 2.75) is 31.3 Å². The summed E-state index contributed by atoms with van der Waals surface area (Å²) in [6.07, 6.45) is 0. The maximum Gasteiger partial charge on any atom is 0.340 e. The molecule has 3 atom stereocenters. The van der Waals surface area contributed by atoms with E-state index in [1.165, 1.54) is 37.3 Å². The fourth-order valence-electron chi connectivity index (χ4n) is 5.22. The van der Waals surface area contributed by atoms with Gasteiger partial charge in [-0.1, -0.05) is 18.2 Å². The highest BCUT2D eigenvalue weighted by Crippen LogP contribution is 2.61. The molecular formula is C27H20O11. The van der Waals surface area contributed by atoms with E-state index in [4.69, 9.17) is 9.47 Å². The summed E-state index contributed by atoms with van der Waals surface area (Å²) in [6, 6.07) is 9.95. The van der Waals surface area contributed by atoms with E-state index in [1.54, 1.807) is 12.1 Å². The predicted molar refractivity (Wildman–Crippen MR) is 127 cm³/mol. The smallest absolute Gasteiger partial charge is 0.340 e. The van der Waals surface area contributed by atoms with Crippen molar-refractivity contribution >= 4 is 23.9 Å². The molecule has 38 heavy (non-hydrogen) atoms. The zero-order valence-electron chi connectivity index (χ0n) is 19.9. The summed E-state index contributed by atoms with van der Waals surface area (Å²) >= 11 is 0. The Balaban J connectivity index is 2.07. The first-order valence-corrected chi connectivity index (χ1v) is 11.4. The van der Waals surface area contributed by atoms with E-state index >= 15 is 0 Å². The first-order valence-electron chi connectivity index (χ1n) is 11.4. The number of benzene rings is 3. The molecule has 1 spiro atoms. The molecule has 2 aliphatic rings. The molecule has 0 aromatic heterocycles. The van der Waals surface area contributed by atoms with E-state index in [9.17, 15) is 44.7 Å². The SMILES string of the molecule is CC(C(=O)O)c1c(O)c(C(C)C(=O)O)c(C(=O)O)c2c1Oc1cc(O)ccc1C21OC(=O)c2ccccc21. The van der Waals surface area contributed by atoms with Gasteiger partial charge in [0.25, 0.3) is 0 Å². The number of carbonyl (C=O) groups excluding carboxylic acids is 1. The van der Waals surface area contributed by atoms with Crippen LogP contribution in [-0.4, -0.2) is 49.4 Å². The molecule has 11 nitrogen and oxygen atoms in total. The second kappa shape index (κ2) is 8.23. The number of carboxylic acid groups (broad SMARTS) is 3. The molecule has 5 rings (SSSR count). The number of esters is 1. The van der Waals surface area contributed by atoms with E-state index in [0.29, 0.717) is 0 Å². The van der Waals surface area contributed by atoms with Crippen molar-refractivity contribution in [2.75, 3.05) is 0 Å². The van der Waals surface area contributed by atoms with Gasteiger partial charge in [0.1, 0.15) is 23.0 Å². The number of fused-ring (bicyclic) bond motifs is 6. The molecule has 5 N–H and O–H groups in total. The lowest BCUT2D eigenvalue weighted by Gasteiger charge is -2.39. The van der Waals surface area contributed by atoms with Gasteiger partial charge in [0.15, 0.2) is 5.60 Å². The van der Waals surface area contributed by atoms with Crippen molar-refractivity contribution in [2.24, 2.45) is 0 Å². The monoisotopic (exact) mass is 520 g/mol. The summed E-state index contributed by atoms with van der Waals surface area (Å²) in [5, 5.41) is 51.5. The number of rotatable bonds is 5. The van der Waals surface area contributed by atoms with Gasteiger partial charge in [0, 0.05) is 22.8 Å². The molecule has 194 valence electrons. The van der Waals surface area contributed by atoms with Crippen LogP contribution in [0.2, 0.25) is 0 Å². The minimum atomic E-state index is -2.04. The topological polar surface area (TPSA) is 188 Å². The fourth-order valence-corrected chi connectivity index (χ4v) is 5.22. The van der Waals surface area contributed by atoms with Crippen LogP contribution in [0.1, 0.15) is 74.2 Å². The highest BCUT2D eigenvalue weighted by molar-refractivity contribution is 6.02. The molecule has 3 aromatic carbocycles. The van der Waals surface area contributed by atoms with Crippen LogP contribution in [0.3, 0.4) is 0 Å². The Hall–Kier alpha value is -5.06. The maximum absolute atomic E-state index is 13.1. The Morgan fingerprint density at radius 3 is 2.13 bits per heavy atom.